The third kappa shape index (κ3) is 3.54. The first-order valence-corrected chi connectivity index (χ1v) is 12.7. The van der Waals surface area contributed by atoms with Gasteiger partial charge in [-0.25, -0.2) is 21.8 Å². The van der Waals surface area contributed by atoms with E-state index in [1.54, 1.807) is 12.1 Å². The summed E-state index contributed by atoms with van der Waals surface area (Å²) in [6.07, 6.45) is 3.06. The molecule has 1 aromatic carbocycles. The van der Waals surface area contributed by atoms with Crippen LogP contribution in [0.3, 0.4) is 0 Å². The number of hydrogen-bond donors (Lipinski definition) is 0. The molecule has 152 valence electrons. The molecule has 0 radical (unpaired) electrons. The van der Waals surface area contributed by atoms with Crippen LogP contribution < -0.4 is 4.90 Å². The Labute approximate surface area is 168 Å². The predicted molar refractivity (Wildman–Crippen MR) is 105 cm³/mol. The summed E-state index contributed by atoms with van der Waals surface area (Å²) >= 11 is 1.27. The molecular formula is C16H21N5O4S3. The maximum Gasteiger partial charge on any atom is 0.244 e. The molecule has 0 N–H and O–H groups in total. The largest absolute Gasteiger partial charge is 0.344 e. The molecule has 0 unspecified atom stereocenters. The Bertz CT molecular complexity index is 1030. The fourth-order valence-corrected chi connectivity index (χ4v) is 7.81. The Balaban J connectivity index is 1.60. The Morgan fingerprint density at radius 3 is 1.82 bits per heavy atom. The number of piperazine rings is 1. The van der Waals surface area contributed by atoms with Gasteiger partial charge in [-0.1, -0.05) is 12.1 Å². The van der Waals surface area contributed by atoms with Crippen molar-refractivity contribution in [1.29, 1.82) is 0 Å². The van der Waals surface area contributed by atoms with E-state index in [9.17, 15) is 16.8 Å². The third-order valence-corrected chi connectivity index (χ3v) is 9.78. The van der Waals surface area contributed by atoms with Gasteiger partial charge in [-0.2, -0.15) is 13.0 Å². The number of nitrogens with zero attached hydrogens (tertiary/aromatic N) is 5. The minimum Gasteiger partial charge on any atom is -0.344 e. The number of benzene rings is 1. The second kappa shape index (κ2) is 7.67. The van der Waals surface area contributed by atoms with Crippen LogP contribution in [0.5, 0.6) is 0 Å². The molecule has 4 rings (SSSR count). The van der Waals surface area contributed by atoms with Gasteiger partial charge in [-0.3, -0.25) is 0 Å². The zero-order chi connectivity index (χ0) is 19.8. The fourth-order valence-electron chi connectivity index (χ4n) is 3.51. The molecule has 1 aromatic heterocycles. The van der Waals surface area contributed by atoms with Crippen molar-refractivity contribution >= 4 is 36.7 Å². The molecule has 2 saturated heterocycles. The molecular weight excluding hydrogens is 422 g/mol. The van der Waals surface area contributed by atoms with Crippen molar-refractivity contribution in [1.82, 2.24) is 18.0 Å². The number of sulfonamides is 2. The number of hydrogen-bond acceptors (Lipinski definition) is 8. The van der Waals surface area contributed by atoms with Crippen LogP contribution in [0, 0.1) is 0 Å². The zero-order valence-corrected chi connectivity index (χ0v) is 17.6. The van der Waals surface area contributed by atoms with Crippen LogP contribution in [0.2, 0.25) is 0 Å². The summed E-state index contributed by atoms with van der Waals surface area (Å²) in [5.74, 6) is 0. The van der Waals surface area contributed by atoms with Crippen molar-refractivity contribution in [2.75, 3.05) is 44.2 Å². The zero-order valence-electron chi connectivity index (χ0n) is 15.1. The molecule has 2 aliphatic heterocycles. The normalized spacial score (nSPS) is 19.9. The molecule has 3 heterocycles. The van der Waals surface area contributed by atoms with Crippen LogP contribution in [-0.2, 0) is 20.0 Å². The van der Waals surface area contributed by atoms with Gasteiger partial charge in [-0.15, -0.1) is 0 Å². The highest BCUT2D eigenvalue weighted by Crippen LogP contribution is 2.29. The summed E-state index contributed by atoms with van der Waals surface area (Å²) in [6, 6.07) is 5.90. The number of aromatic nitrogens is 2. The van der Waals surface area contributed by atoms with E-state index in [0.29, 0.717) is 26.2 Å². The van der Waals surface area contributed by atoms with Gasteiger partial charge >= 0.3 is 0 Å². The maximum atomic E-state index is 13.3. The van der Waals surface area contributed by atoms with Crippen LogP contribution in [0.15, 0.2) is 40.4 Å². The topological polar surface area (TPSA) is 104 Å². The van der Waals surface area contributed by atoms with Crippen LogP contribution in [0.4, 0.5) is 5.13 Å². The monoisotopic (exact) mass is 443 g/mol. The molecule has 0 saturated carbocycles. The van der Waals surface area contributed by atoms with Gasteiger partial charge in [0.15, 0.2) is 0 Å². The van der Waals surface area contributed by atoms with Crippen molar-refractivity contribution in [2.45, 2.75) is 22.6 Å². The standard InChI is InChI=1S/C16H21N5O4S3/c22-27(23,20-7-3-4-8-20)14-5-1-2-6-15(14)28(24,25)21-11-9-19(10-12-21)16-17-13-18-26-16/h1-2,5-6,13H,3-4,7-12H2. The lowest BCUT2D eigenvalue weighted by atomic mass is 10.4. The Hall–Kier alpha value is -1.60. The van der Waals surface area contributed by atoms with E-state index >= 15 is 0 Å². The van der Waals surface area contributed by atoms with Crippen molar-refractivity contribution in [3.05, 3.63) is 30.6 Å². The highest BCUT2D eigenvalue weighted by molar-refractivity contribution is 7.92. The summed E-state index contributed by atoms with van der Waals surface area (Å²) in [5.41, 5.74) is 0. The molecule has 0 amide bonds. The minimum atomic E-state index is -3.93. The van der Waals surface area contributed by atoms with E-state index in [1.807, 2.05) is 4.90 Å². The Morgan fingerprint density at radius 2 is 1.32 bits per heavy atom. The van der Waals surface area contributed by atoms with Crippen molar-refractivity contribution in [3.63, 3.8) is 0 Å². The van der Waals surface area contributed by atoms with Crippen LogP contribution in [-0.4, -0.2) is 74.1 Å². The molecule has 2 aliphatic rings. The average molecular weight is 444 g/mol. The molecule has 0 bridgehead atoms. The average Bonchev–Trinajstić information content (AvgIpc) is 3.42. The lowest BCUT2D eigenvalue weighted by Crippen LogP contribution is -2.49. The fraction of sp³-hybridized carbons (Fsp3) is 0.500. The SMILES string of the molecule is O=S(=O)(c1ccccc1S(=O)(=O)N1CCN(c2ncns2)CC1)N1CCCC1. The molecule has 2 fully saturated rings. The minimum absolute atomic E-state index is 0.136. The van der Waals surface area contributed by atoms with Crippen molar-refractivity contribution in [3.8, 4) is 0 Å². The van der Waals surface area contributed by atoms with E-state index in [-0.39, 0.29) is 22.9 Å². The van der Waals surface area contributed by atoms with E-state index in [2.05, 4.69) is 9.36 Å². The van der Waals surface area contributed by atoms with Gasteiger partial charge in [0.2, 0.25) is 25.2 Å². The highest BCUT2D eigenvalue weighted by Gasteiger charge is 2.36. The third-order valence-electron chi connectivity index (χ3n) is 5.01. The van der Waals surface area contributed by atoms with E-state index in [4.69, 9.17) is 0 Å². The second-order valence-corrected chi connectivity index (χ2v) is 11.2. The van der Waals surface area contributed by atoms with Gasteiger partial charge in [0.1, 0.15) is 16.1 Å². The summed E-state index contributed by atoms with van der Waals surface area (Å²) in [6.45, 7) is 2.35. The van der Waals surface area contributed by atoms with Crippen molar-refractivity contribution < 1.29 is 16.8 Å². The van der Waals surface area contributed by atoms with Crippen molar-refractivity contribution in [2.24, 2.45) is 0 Å². The quantitative estimate of drug-likeness (QED) is 0.674. The molecule has 0 aliphatic carbocycles. The predicted octanol–water partition coefficient (Wildman–Crippen LogP) is 0.833. The summed E-state index contributed by atoms with van der Waals surface area (Å²) in [5, 5.41) is 0.758. The Morgan fingerprint density at radius 1 is 0.786 bits per heavy atom. The first-order chi connectivity index (χ1) is 13.4. The van der Waals surface area contributed by atoms with Crippen LogP contribution >= 0.6 is 11.5 Å². The van der Waals surface area contributed by atoms with E-state index < -0.39 is 20.0 Å². The summed E-state index contributed by atoms with van der Waals surface area (Å²) in [4.78, 5) is 5.86. The molecule has 9 nitrogen and oxygen atoms in total. The first kappa shape index (κ1) is 19.7. The molecule has 2 aromatic rings. The molecule has 28 heavy (non-hydrogen) atoms. The highest BCUT2D eigenvalue weighted by atomic mass is 32.2. The van der Waals surface area contributed by atoms with E-state index in [0.717, 1.165) is 18.0 Å². The first-order valence-electron chi connectivity index (χ1n) is 9.02. The van der Waals surface area contributed by atoms with Crippen LogP contribution in [0.25, 0.3) is 0 Å². The van der Waals surface area contributed by atoms with Gasteiger partial charge in [0.05, 0.1) is 0 Å². The molecule has 12 heteroatoms. The summed E-state index contributed by atoms with van der Waals surface area (Å²) < 4.78 is 59.2. The Kier molecular flexibility index (Phi) is 5.40. The molecule has 0 spiro atoms. The smallest absolute Gasteiger partial charge is 0.244 e. The number of anilines is 1. The van der Waals surface area contributed by atoms with E-state index in [1.165, 1.54) is 38.6 Å². The number of rotatable bonds is 5. The lowest BCUT2D eigenvalue weighted by molar-refractivity contribution is 0.383. The summed E-state index contributed by atoms with van der Waals surface area (Å²) in [7, 11) is -7.77. The second-order valence-electron chi connectivity index (χ2n) is 6.67. The lowest BCUT2D eigenvalue weighted by Gasteiger charge is -2.34. The van der Waals surface area contributed by atoms with Gasteiger partial charge in [-0.05, 0) is 25.0 Å². The van der Waals surface area contributed by atoms with Gasteiger partial charge < -0.3 is 4.90 Å². The molecule has 0 atom stereocenters. The van der Waals surface area contributed by atoms with Crippen LogP contribution in [0.1, 0.15) is 12.8 Å². The van der Waals surface area contributed by atoms with Gasteiger partial charge in [0.25, 0.3) is 0 Å². The van der Waals surface area contributed by atoms with Gasteiger partial charge in [0, 0.05) is 50.8 Å². The maximum absolute atomic E-state index is 13.3.